The number of carboxylic acid groups (broad SMARTS) is 1. The zero-order valence-electron chi connectivity index (χ0n) is 17.0. The molecule has 0 bridgehead atoms. The summed E-state index contributed by atoms with van der Waals surface area (Å²) in [5, 5.41) is 20.5. The quantitative estimate of drug-likeness (QED) is 0.129. The third-order valence-corrected chi connectivity index (χ3v) is 7.17. The first kappa shape index (κ1) is 24.6. The second kappa shape index (κ2) is 12.9. The summed E-state index contributed by atoms with van der Waals surface area (Å²) in [7, 11) is 0. The number of amides is 4. The zero-order valence-corrected chi connectivity index (χ0v) is 18.7. The number of hydrogen-bond donors (Lipinski definition) is 6. The third kappa shape index (κ3) is 8.25. The van der Waals surface area contributed by atoms with Crippen LogP contribution < -0.4 is 21.3 Å². The molecule has 2 heterocycles. The molecular formula is C19H32N4O5S2. The number of carbonyl (C=O) groups is 4. The van der Waals surface area contributed by atoms with E-state index in [1.807, 2.05) is 11.8 Å². The van der Waals surface area contributed by atoms with Crippen molar-refractivity contribution < 1.29 is 24.3 Å². The average molecular weight is 461 g/mol. The highest BCUT2D eigenvalue weighted by molar-refractivity contribution is 8.00. The number of hydrogen-bond acceptors (Lipinski definition) is 6. The maximum atomic E-state index is 11.9. The lowest BCUT2D eigenvalue weighted by atomic mass is 10.0. The van der Waals surface area contributed by atoms with E-state index in [1.54, 1.807) is 0 Å². The molecule has 0 saturated carbocycles. The van der Waals surface area contributed by atoms with Crippen LogP contribution >= 0.6 is 24.4 Å². The van der Waals surface area contributed by atoms with Crippen LogP contribution in [0.2, 0.25) is 0 Å². The summed E-state index contributed by atoms with van der Waals surface area (Å²) in [6, 6.07) is -0.574. The molecule has 0 unspecified atom stereocenters. The molecule has 2 aliphatic heterocycles. The van der Waals surface area contributed by atoms with Gasteiger partial charge in [0.25, 0.3) is 0 Å². The molecule has 9 nitrogen and oxygen atoms in total. The van der Waals surface area contributed by atoms with Crippen LogP contribution in [0.1, 0.15) is 51.4 Å². The van der Waals surface area contributed by atoms with Crippen molar-refractivity contribution in [3.8, 4) is 0 Å². The Hall–Kier alpha value is -1.62. The second-order valence-corrected chi connectivity index (χ2v) is 9.31. The summed E-state index contributed by atoms with van der Waals surface area (Å²) in [5.41, 5.74) is 0. The van der Waals surface area contributed by atoms with Crippen molar-refractivity contribution in [2.75, 3.05) is 18.1 Å². The van der Waals surface area contributed by atoms with Gasteiger partial charge in [0.2, 0.25) is 11.8 Å². The lowest BCUT2D eigenvalue weighted by Gasteiger charge is -2.16. The molecule has 2 saturated heterocycles. The SMILES string of the molecule is O=C(CCCC[C@@H]1SC[C@@H]2NC(=O)N[C@@H]21)NCCCCCC(=O)N[C@@H](CS)C(=O)O. The van der Waals surface area contributed by atoms with Crippen molar-refractivity contribution in [3.05, 3.63) is 0 Å². The molecule has 0 spiro atoms. The highest BCUT2D eigenvalue weighted by atomic mass is 32.2. The first-order valence-corrected chi connectivity index (χ1v) is 12.2. The molecule has 2 rings (SSSR count). The molecule has 0 aromatic heterocycles. The molecule has 5 N–H and O–H groups in total. The fraction of sp³-hybridized carbons (Fsp3) is 0.789. The van der Waals surface area contributed by atoms with Crippen LogP contribution in [0.4, 0.5) is 4.79 Å². The average Bonchev–Trinajstić information content (AvgIpc) is 3.25. The van der Waals surface area contributed by atoms with Gasteiger partial charge in [0.05, 0.1) is 12.1 Å². The van der Waals surface area contributed by atoms with E-state index in [0.29, 0.717) is 24.6 Å². The van der Waals surface area contributed by atoms with Crippen molar-refractivity contribution in [2.45, 2.75) is 74.7 Å². The molecule has 4 atom stereocenters. The molecule has 4 amide bonds. The largest absolute Gasteiger partial charge is 0.480 e. The smallest absolute Gasteiger partial charge is 0.327 e. The Bertz CT molecular complexity index is 622. The summed E-state index contributed by atoms with van der Waals surface area (Å²) in [6.07, 6.45) is 5.77. The van der Waals surface area contributed by atoms with E-state index in [4.69, 9.17) is 5.11 Å². The van der Waals surface area contributed by atoms with Gasteiger partial charge in [-0.15, -0.1) is 0 Å². The van der Waals surface area contributed by atoms with Gasteiger partial charge in [-0.3, -0.25) is 9.59 Å². The summed E-state index contributed by atoms with van der Waals surface area (Å²) in [4.78, 5) is 45.8. The fourth-order valence-electron chi connectivity index (χ4n) is 3.63. The molecule has 2 aliphatic rings. The lowest BCUT2D eigenvalue weighted by Crippen LogP contribution is -2.42. The van der Waals surface area contributed by atoms with Gasteiger partial charge in [0.1, 0.15) is 6.04 Å². The van der Waals surface area contributed by atoms with Gasteiger partial charge >= 0.3 is 12.0 Å². The molecule has 11 heteroatoms. The molecule has 170 valence electrons. The number of fused-ring (bicyclic) bond motifs is 1. The van der Waals surface area contributed by atoms with Crippen LogP contribution in [0.25, 0.3) is 0 Å². The standard InChI is InChI=1S/C19H32N4O5S2/c24-15(7-4-3-6-14-17-13(11-30-14)22-19(28)23-17)20-9-5-1-2-8-16(25)21-12(10-29)18(26)27/h12-14,17,29H,1-11H2,(H,20,24)(H,21,25)(H,26,27)(H2,22,23,28)/t12-,13-,14-,17-/m0/s1. The monoisotopic (exact) mass is 460 g/mol. The highest BCUT2D eigenvalue weighted by Gasteiger charge is 2.42. The topological polar surface area (TPSA) is 137 Å². The number of nitrogens with one attached hydrogen (secondary N) is 4. The number of aliphatic carboxylic acids is 1. The van der Waals surface area contributed by atoms with Crippen LogP contribution in [-0.4, -0.2) is 70.3 Å². The van der Waals surface area contributed by atoms with E-state index in [1.165, 1.54) is 0 Å². The first-order chi connectivity index (χ1) is 14.4. The van der Waals surface area contributed by atoms with Gasteiger partial charge in [0.15, 0.2) is 0 Å². The van der Waals surface area contributed by atoms with Crippen LogP contribution in [-0.2, 0) is 14.4 Å². The molecular weight excluding hydrogens is 428 g/mol. The molecule has 0 aromatic rings. The Morgan fingerprint density at radius 3 is 2.57 bits per heavy atom. The summed E-state index contributed by atoms with van der Waals surface area (Å²) >= 11 is 5.79. The predicted octanol–water partition coefficient (Wildman–Crippen LogP) is 0.888. The summed E-state index contributed by atoms with van der Waals surface area (Å²) in [6.45, 7) is 0.578. The van der Waals surface area contributed by atoms with E-state index in [0.717, 1.165) is 37.9 Å². The minimum absolute atomic E-state index is 0.0404. The van der Waals surface area contributed by atoms with Gasteiger partial charge in [-0.1, -0.05) is 12.8 Å². The Morgan fingerprint density at radius 1 is 1.10 bits per heavy atom. The van der Waals surface area contributed by atoms with E-state index in [-0.39, 0.29) is 42.1 Å². The fourth-order valence-corrected chi connectivity index (χ4v) is 5.42. The Kier molecular flexibility index (Phi) is 10.6. The number of thioether (sulfide) groups is 1. The zero-order chi connectivity index (χ0) is 21.9. The maximum absolute atomic E-state index is 11.9. The van der Waals surface area contributed by atoms with Crippen LogP contribution in [0.15, 0.2) is 0 Å². The number of rotatable bonds is 14. The molecule has 2 fully saturated rings. The normalized spacial score (nSPS) is 23.2. The number of unbranched alkanes of at least 4 members (excludes halogenated alkanes) is 3. The molecule has 0 aromatic carbocycles. The van der Waals surface area contributed by atoms with Gasteiger partial charge in [0, 0.05) is 36.1 Å². The number of urea groups is 1. The first-order valence-electron chi connectivity index (χ1n) is 10.5. The Morgan fingerprint density at radius 2 is 1.83 bits per heavy atom. The third-order valence-electron chi connectivity index (χ3n) is 5.30. The lowest BCUT2D eigenvalue weighted by molar-refractivity contribution is -0.141. The van der Waals surface area contributed by atoms with Crippen molar-refractivity contribution in [1.29, 1.82) is 0 Å². The van der Waals surface area contributed by atoms with Gasteiger partial charge in [-0.25, -0.2) is 9.59 Å². The molecule has 0 aliphatic carbocycles. The molecule has 0 radical (unpaired) electrons. The minimum atomic E-state index is -1.09. The summed E-state index contributed by atoms with van der Waals surface area (Å²) in [5.74, 6) is -0.333. The van der Waals surface area contributed by atoms with E-state index in [2.05, 4.69) is 33.9 Å². The van der Waals surface area contributed by atoms with Crippen molar-refractivity contribution in [3.63, 3.8) is 0 Å². The van der Waals surface area contributed by atoms with Crippen molar-refractivity contribution in [1.82, 2.24) is 21.3 Å². The highest BCUT2D eigenvalue weighted by Crippen LogP contribution is 2.33. The van der Waals surface area contributed by atoms with Crippen molar-refractivity contribution in [2.24, 2.45) is 0 Å². The van der Waals surface area contributed by atoms with Crippen molar-refractivity contribution >= 4 is 48.2 Å². The van der Waals surface area contributed by atoms with Crippen LogP contribution in [0.3, 0.4) is 0 Å². The van der Waals surface area contributed by atoms with E-state index in [9.17, 15) is 19.2 Å². The Balaban J connectivity index is 1.43. The number of thiol groups is 1. The Labute approximate surface area is 186 Å². The van der Waals surface area contributed by atoms with E-state index < -0.39 is 12.0 Å². The number of carboxylic acids is 1. The van der Waals surface area contributed by atoms with Gasteiger partial charge in [-0.05, 0) is 25.7 Å². The second-order valence-electron chi connectivity index (χ2n) is 7.67. The van der Waals surface area contributed by atoms with Gasteiger partial charge < -0.3 is 26.4 Å². The summed E-state index contributed by atoms with van der Waals surface area (Å²) < 4.78 is 0. The van der Waals surface area contributed by atoms with Crippen LogP contribution in [0, 0.1) is 0 Å². The predicted molar refractivity (Wildman–Crippen MR) is 119 cm³/mol. The molecule has 30 heavy (non-hydrogen) atoms. The number of carbonyl (C=O) groups excluding carboxylic acids is 3. The van der Waals surface area contributed by atoms with E-state index >= 15 is 0 Å². The van der Waals surface area contributed by atoms with Crippen LogP contribution in [0.5, 0.6) is 0 Å². The maximum Gasteiger partial charge on any atom is 0.327 e. The minimum Gasteiger partial charge on any atom is -0.480 e. The van der Waals surface area contributed by atoms with Gasteiger partial charge in [-0.2, -0.15) is 24.4 Å².